The van der Waals surface area contributed by atoms with Crippen molar-refractivity contribution in [2.24, 2.45) is 0 Å². The van der Waals surface area contributed by atoms with E-state index in [0.29, 0.717) is 30.0 Å². The first-order valence-electron chi connectivity index (χ1n) is 12.5. The molecule has 9 heteroatoms. The van der Waals surface area contributed by atoms with E-state index in [-0.39, 0.29) is 18.4 Å². The van der Waals surface area contributed by atoms with Gasteiger partial charge in [-0.15, -0.1) is 16.4 Å². The van der Waals surface area contributed by atoms with Crippen LogP contribution in [-0.4, -0.2) is 43.9 Å². The Morgan fingerprint density at radius 3 is 2.51 bits per heavy atom. The second-order valence-electron chi connectivity index (χ2n) is 9.47. The molecule has 0 saturated carbocycles. The molecule has 194 valence electrons. The van der Waals surface area contributed by atoms with Crippen molar-refractivity contribution >= 4 is 34.2 Å². The summed E-state index contributed by atoms with van der Waals surface area (Å²) >= 11 is 1.55. The molecule has 0 aliphatic rings. The number of carbonyl (C=O) groups is 2. The van der Waals surface area contributed by atoms with Gasteiger partial charge in [-0.1, -0.05) is 42.5 Å². The minimum absolute atomic E-state index is 0.0378. The quantitative estimate of drug-likeness (QED) is 0.302. The summed E-state index contributed by atoms with van der Waals surface area (Å²) in [5.41, 5.74) is 1.76. The topological polar surface area (TPSA) is 89.4 Å². The van der Waals surface area contributed by atoms with Crippen molar-refractivity contribution < 1.29 is 14.3 Å². The summed E-state index contributed by atoms with van der Waals surface area (Å²) in [4.78, 5) is 30.4. The van der Waals surface area contributed by atoms with E-state index in [0.717, 1.165) is 16.8 Å². The Hall–Kier alpha value is -3.72. The zero-order chi connectivity index (χ0) is 26.4. The van der Waals surface area contributed by atoms with Crippen LogP contribution in [0.3, 0.4) is 0 Å². The number of fused-ring (bicyclic) bond motifs is 1. The van der Waals surface area contributed by atoms with Crippen LogP contribution in [0.4, 0.5) is 0 Å². The van der Waals surface area contributed by atoms with Gasteiger partial charge in [-0.25, -0.2) is 4.68 Å². The number of nitrogens with one attached hydrogen (secondary N) is 1. The van der Waals surface area contributed by atoms with Gasteiger partial charge in [0.1, 0.15) is 23.9 Å². The van der Waals surface area contributed by atoms with Crippen LogP contribution >= 0.6 is 11.3 Å². The maximum absolute atomic E-state index is 13.9. The summed E-state index contributed by atoms with van der Waals surface area (Å²) in [5, 5.41) is 13.5. The molecule has 0 saturated heterocycles. The van der Waals surface area contributed by atoms with Crippen molar-refractivity contribution in [3.8, 4) is 5.75 Å². The molecular weight excluding hydrogens is 486 g/mol. The van der Waals surface area contributed by atoms with Crippen LogP contribution in [-0.2, 0) is 22.7 Å². The van der Waals surface area contributed by atoms with Gasteiger partial charge in [-0.3, -0.25) is 9.59 Å². The number of thiophene rings is 1. The van der Waals surface area contributed by atoms with E-state index >= 15 is 0 Å². The second-order valence-corrected chi connectivity index (χ2v) is 10.5. The standard InChI is InChI=1S/C28H33N5O3S/c1-5-28(3,4)29-27(35)26(20-13-15-21(16-14-20)36-6-2)32(18-22-10-9-17-37-22)25(34)19-33-24-12-8-7-11-23(24)30-31-33/h7-17,26H,5-6,18-19H2,1-4H3,(H,29,35). The molecule has 2 heterocycles. The highest BCUT2D eigenvalue weighted by Gasteiger charge is 2.34. The Kier molecular flexibility index (Phi) is 8.23. The minimum atomic E-state index is -0.842. The molecule has 0 aliphatic heterocycles. The molecule has 4 aromatic rings. The smallest absolute Gasteiger partial charge is 0.247 e. The Morgan fingerprint density at radius 1 is 1.08 bits per heavy atom. The zero-order valence-corrected chi connectivity index (χ0v) is 22.5. The lowest BCUT2D eigenvalue weighted by atomic mass is 9.98. The van der Waals surface area contributed by atoms with Gasteiger partial charge in [0.2, 0.25) is 11.8 Å². The SMILES string of the molecule is CCOc1ccc(C(C(=O)NC(C)(C)CC)N(Cc2cccs2)C(=O)Cn2nnc3ccccc32)cc1. The van der Waals surface area contributed by atoms with Gasteiger partial charge in [-0.05, 0) is 68.5 Å². The Morgan fingerprint density at radius 2 is 1.84 bits per heavy atom. The summed E-state index contributed by atoms with van der Waals surface area (Å²) in [6, 6.07) is 18.0. The van der Waals surface area contributed by atoms with Crippen molar-refractivity contribution in [3.63, 3.8) is 0 Å². The molecule has 8 nitrogen and oxygen atoms in total. The molecule has 1 atom stereocenters. The first-order chi connectivity index (χ1) is 17.8. The maximum Gasteiger partial charge on any atom is 0.247 e. The fraction of sp³-hybridized carbons (Fsp3) is 0.357. The third kappa shape index (κ3) is 6.35. The average Bonchev–Trinajstić information content (AvgIpc) is 3.55. The number of rotatable bonds is 11. The van der Waals surface area contributed by atoms with Crippen LogP contribution in [0.5, 0.6) is 5.75 Å². The van der Waals surface area contributed by atoms with E-state index in [4.69, 9.17) is 4.74 Å². The van der Waals surface area contributed by atoms with Crippen molar-refractivity contribution in [2.75, 3.05) is 6.61 Å². The van der Waals surface area contributed by atoms with Gasteiger partial charge in [0, 0.05) is 10.4 Å². The van der Waals surface area contributed by atoms with E-state index in [1.165, 1.54) is 0 Å². The average molecular weight is 520 g/mol. The highest BCUT2D eigenvalue weighted by atomic mass is 32.1. The minimum Gasteiger partial charge on any atom is -0.494 e. The lowest BCUT2D eigenvalue weighted by molar-refractivity contribution is -0.142. The first kappa shape index (κ1) is 26.3. The van der Waals surface area contributed by atoms with Gasteiger partial charge in [0.25, 0.3) is 0 Å². The van der Waals surface area contributed by atoms with Crippen LogP contribution < -0.4 is 10.1 Å². The Bertz CT molecular complexity index is 1330. The number of hydrogen-bond donors (Lipinski definition) is 1. The molecule has 0 fully saturated rings. The normalized spacial score (nSPS) is 12.3. The third-order valence-electron chi connectivity index (χ3n) is 6.34. The monoisotopic (exact) mass is 519 g/mol. The predicted molar refractivity (Wildman–Crippen MR) is 145 cm³/mol. The van der Waals surface area contributed by atoms with E-state index in [9.17, 15) is 9.59 Å². The van der Waals surface area contributed by atoms with Crippen LogP contribution in [0.1, 0.15) is 50.6 Å². The van der Waals surface area contributed by atoms with Gasteiger partial charge in [0.15, 0.2) is 0 Å². The number of ether oxygens (including phenoxy) is 1. The molecular formula is C28H33N5O3S. The molecule has 0 bridgehead atoms. The maximum atomic E-state index is 13.9. The molecule has 1 unspecified atom stereocenters. The lowest BCUT2D eigenvalue weighted by Gasteiger charge is -2.34. The van der Waals surface area contributed by atoms with Crippen molar-refractivity contribution in [2.45, 2.75) is 58.8 Å². The molecule has 4 rings (SSSR count). The van der Waals surface area contributed by atoms with Gasteiger partial charge >= 0.3 is 0 Å². The number of carbonyl (C=O) groups excluding carboxylic acids is 2. The Balaban J connectivity index is 1.73. The third-order valence-corrected chi connectivity index (χ3v) is 7.21. The highest BCUT2D eigenvalue weighted by molar-refractivity contribution is 7.09. The lowest BCUT2D eigenvalue weighted by Crippen LogP contribution is -2.50. The summed E-state index contributed by atoms with van der Waals surface area (Å²) in [6.45, 7) is 8.71. The summed E-state index contributed by atoms with van der Waals surface area (Å²) < 4.78 is 7.19. The summed E-state index contributed by atoms with van der Waals surface area (Å²) in [5.74, 6) is 0.251. The van der Waals surface area contributed by atoms with E-state index in [1.54, 1.807) is 20.9 Å². The fourth-order valence-corrected chi connectivity index (χ4v) is 4.73. The van der Waals surface area contributed by atoms with Crippen molar-refractivity contribution in [3.05, 3.63) is 76.5 Å². The molecule has 1 N–H and O–H groups in total. The second kappa shape index (κ2) is 11.6. The molecule has 2 amide bonds. The first-order valence-corrected chi connectivity index (χ1v) is 13.3. The van der Waals surface area contributed by atoms with Crippen LogP contribution in [0, 0.1) is 0 Å². The Labute approximate surface area is 221 Å². The van der Waals surface area contributed by atoms with E-state index in [2.05, 4.69) is 15.6 Å². The van der Waals surface area contributed by atoms with Crippen LogP contribution in [0.15, 0.2) is 66.0 Å². The number of para-hydroxylation sites is 1. The molecule has 0 spiro atoms. The molecule has 37 heavy (non-hydrogen) atoms. The van der Waals surface area contributed by atoms with Crippen molar-refractivity contribution in [1.29, 1.82) is 0 Å². The zero-order valence-electron chi connectivity index (χ0n) is 21.7. The summed E-state index contributed by atoms with van der Waals surface area (Å²) in [6.07, 6.45) is 0.749. The van der Waals surface area contributed by atoms with Gasteiger partial charge < -0.3 is 15.0 Å². The number of hydrogen-bond acceptors (Lipinski definition) is 6. The van der Waals surface area contributed by atoms with Gasteiger partial charge in [0.05, 0.1) is 18.7 Å². The molecule has 2 aromatic carbocycles. The van der Waals surface area contributed by atoms with Crippen molar-refractivity contribution in [1.82, 2.24) is 25.2 Å². The molecule has 0 radical (unpaired) electrons. The predicted octanol–water partition coefficient (Wildman–Crippen LogP) is 4.97. The van der Waals surface area contributed by atoms with Crippen LogP contribution in [0.2, 0.25) is 0 Å². The number of aromatic nitrogens is 3. The molecule has 0 aliphatic carbocycles. The van der Waals surface area contributed by atoms with E-state index < -0.39 is 11.6 Å². The van der Waals surface area contributed by atoms with Crippen LogP contribution in [0.25, 0.3) is 11.0 Å². The van der Waals surface area contributed by atoms with E-state index in [1.807, 2.05) is 93.7 Å². The number of benzene rings is 2. The molecule has 2 aromatic heterocycles. The van der Waals surface area contributed by atoms with Gasteiger partial charge in [-0.2, -0.15) is 0 Å². The summed E-state index contributed by atoms with van der Waals surface area (Å²) in [7, 11) is 0. The fourth-order valence-electron chi connectivity index (χ4n) is 4.02. The largest absolute Gasteiger partial charge is 0.494 e. The number of amides is 2. The highest BCUT2D eigenvalue weighted by Crippen LogP contribution is 2.28. The number of nitrogens with zero attached hydrogens (tertiary/aromatic N) is 4.